The molecule has 0 aromatic heterocycles. The van der Waals surface area contributed by atoms with E-state index in [-0.39, 0.29) is 3.23 Å². The van der Waals surface area contributed by atoms with Crippen LogP contribution in [0.5, 0.6) is 0 Å². The van der Waals surface area contributed by atoms with E-state index in [2.05, 4.69) is 31.9 Å². The van der Waals surface area contributed by atoms with Crippen LogP contribution in [0.4, 0.5) is 0 Å². The Morgan fingerprint density at radius 1 is 1.27 bits per heavy atom. The standard InChI is InChI=1S/C10H10Br2O2S/c1-15(13,14)8-4-2-7(3-5-8)9-6-10(9,11)12/h2-5,9H,6H2,1H3. The van der Waals surface area contributed by atoms with E-state index in [4.69, 9.17) is 0 Å². The van der Waals surface area contributed by atoms with Crippen LogP contribution in [0.25, 0.3) is 0 Å². The predicted molar refractivity (Wildman–Crippen MR) is 67.5 cm³/mol. The molecule has 1 atom stereocenters. The molecule has 82 valence electrons. The van der Waals surface area contributed by atoms with Crippen molar-refractivity contribution in [2.45, 2.75) is 20.5 Å². The number of hydrogen-bond acceptors (Lipinski definition) is 2. The van der Waals surface area contributed by atoms with Crippen LogP contribution in [0.15, 0.2) is 29.2 Å². The molecule has 1 aliphatic rings. The van der Waals surface area contributed by atoms with Gasteiger partial charge in [-0.15, -0.1) is 0 Å². The van der Waals surface area contributed by atoms with Crippen LogP contribution in [0.1, 0.15) is 17.9 Å². The number of benzene rings is 1. The van der Waals surface area contributed by atoms with E-state index in [1.807, 2.05) is 12.1 Å². The van der Waals surface area contributed by atoms with Crippen LogP contribution in [0, 0.1) is 0 Å². The molecule has 1 aromatic rings. The molecule has 2 nitrogen and oxygen atoms in total. The van der Waals surface area contributed by atoms with Crippen LogP contribution in [-0.2, 0) is 9.84 Å². The summed E-state index contributed by atoms with van der Waals surface area (Å²) in [5.74, 6) is 0.436. The smallest absolute Gasteiger partial charge is 0.175 e. The Morgan fingerprint density at radius 2 is 1.73 bits per heavy atom. The zero-order valence-electron chi connectivity index (χ0n) is 8.07. The van der Waals surface area contributed by atoms with Gasteiger partial charge in [0.15, 0.2) is 9.84 Å². The summed E-state index contributed by atoms with van der Waals surface area (Å²) in [6.07, 6.45) is 2.25. The molecule has 1 unspecified atom stereocenters. The molecule has 0 saturated heterocycles. The number of sulfone groups is 1. The molecule has 1 aromatic carbocycles. The molecular weight excluding hydrogens is 344 g/mol. The van der Waals surface area contributed by atoms with Gasteiger partial charge >= 0.3 is 0 Å². The van der Waals surface area contributed by atoms with Crippen molar-refractivity contribution in [1.82, 2.24) is 0 Å². The van der Waals surface area contributed by atoms with E-state index >= 15 is 0 Å². The van der Waals surface area contributed by atoms with Crippen LogP contribution in [0.2, 0.25) is 0 Å². The Bertz CT molecular complexity index is 477. The fraction of sp³-hybridized carbons (Fsp3) is 0.400. The lowest BCUT2D eigenvalue weighted by Crippen LogP contribution is -1.97. The van der Waals surface area contributed by atoms with Gasteiger partial charge in [0.25, 0.3) is 0 Å². The van der Waals surface area contributed by atoms with Gasteiger partial charge in [0.2, 0.25) is 0 Å². The highest BCUT2D eigenvalue weighted by molar-refractivity contribution is 9.25. The molecule has 5 heteroatoms. The second kappa shape index (κ2) is 3.57. The van der Waals surface area contributed by atoms with Crippen LogP contribution in [0.3, 0.4) is 0 Å². The molecule has 0 amide bonds. The van der Waals surface area contributed by atoms with E-state index in [1.165, 1.54) is 6.26 Å². The van der Waals surface area contributed by atoms with Gasteiger partial charge in [0, 0.05) is 12.2 Å². The number of rotatable bonds is 2. The van der Waals surface area contributed by atoms with Gasteiger partial charge < -0.3 is 0 Å². The zero-order valence-corrected chi connectivity index (χ0v) is 12.1. The molecule has 1 aliphatic carbocycles. The second-order valence-electron chi connectivity index (χ2n) is 3.86. The summed E-state index contributed by atoms with van der Waals surface area (Å²) in [6, 6.07) is 7.09. The lowest BCUT2D eigenvalue weighted by molar-refractivity contribution is 0.602. The van der Waals surface area contributed by atoms with Crippen molar-refractivity contribution in [3.8, 4) is 0 Å². The summed E-state index contributed by atoms with van der Waals surface area (Å²) < 4.78 is 22.5. The SMILES string of the molecule is CS(=O)(=O)c1ccc(C2CC2(Br)Br)cc1. The van der Waals surface area contributed by atoms with Gasteiger partial charge in [-0.3, -0.25) is 0 Å². The predicted octanol–water partition coefficient (Wildman–Crippen LogP) is 3.06. The molecule has 15 heavy (non-hydrogen) atoms. The number of halogens is 2. The summed E-state index contributed by atoms with van der Waals surface area (Å²) >= 11 is 7.09. The Kier molecular flexibility index (Phi) is 2.76. The Hall–Kier alpha value is 0.130. The van der Waals surface area contributed by atoms with Gasteiger partial charge in [0.05, 0.1) is 8.13 Å². The minimum absolute atomic E-state index is 0.0204. The lowest BCUT2D eigenvalue weighted by Gasteiger charge is -2.02. The van der Waals surface area contributed by atoms with Crippen LogP contribution >= 0.6 is 31.9 Å². The van der Waals surface area contributed by atoms with E-state index in [9.17, 15) is 8.42 Å². The summed E-state index contributed by atoms with van der Waals surface area (Å²) in [5.41, 5.74) is 1.16. The lowest BCUT2D eigenvalue weighted by atomic mass is 10.1. The first kappa shape index (κ1) is 11.6. The maximum Gasteiger partial charge on any atom is 0.175 e. The van der Waals surface area contributed by atoms with Crippen molar-refractivity contribution in [1.29, 1.82) is 0 Å². The third-order valence-electron chi connectivity index (χ3n) is 2.54. The average Bonchev–Trinajstić information content (AvgIpc) is 2.74. The van der Waals surface area contributed by atoms with E-state index in [1.54, 1.807) is 12.1 Å². The van der Waals surface area contributed by atoms with Gasteiger partial charge in [0.1, 0.15) is 0 Å². The summed E-state index contributed by atoms with van der Waals surface area (Å²) in [4.78, 5) is 0.377. The first-order chi connectivity index (χ1) is 6.81. The molecule has 0 N–H and O–H groups in total. The van der Waals surface area contributed by atoms with Crippen molar-refractivity contribution in [3.05, 3.63) is 29.8 Å². The largest absolute Gasteiger partial charge is 0.224 e. The van der Waals surface area contributed by atoms with Gasteiger partial charge in [-0.2, -0.15) is 0 Å². The minimum atomic E-state index is -3.08. The van der Waals surface area contributed by atoms with Crippen LogP contribution in [-0.4, -0.2) is 17.9 Å². The minimum Gasteiger partial charge on any atom is -0.224 e. The Balaban J connectivity index is 2.27. The van der Waals surface area contributed by atoms with Crippen molar-refractivity contribution < 1.29 is 8.42 Å². The summed E-state index contributed by atoms with van der Waals surface area (Å²) in [5, 5.41) is 0. The average molecular weight is 354 g/mol. The normalized spacial score (nSPS) is 23.8. The molecule has 1 fully saturated rings. The van der Waals surface area contributed by atoms with Crippen molar-refractivity contribution in [3.63, 3.8) is 0 Å². The summed E-state index contributed by atoms with van der Waals surface area (Å²) in [6.45, 7) is 0. The van der Waals surface area contributed by atoms with E-state index < -0.39 is 9.84 Å². The fourth-order valence-corrected chi connectivity index (χ4v) is 3.33. The van der Waals surface area contributed by atoms with Gasteiger partial charge in [-0.05, 0) is 24.1 Å². The quantitative estimate of drug-likeness (QED) is 0.766. The second-order valence-corrected chi connectivity index (χ2v) is 9.77. The van der Waals surface area contributed by atoms with Crippen LogP contribution < -0.4 is 0 Å². The molecule has 2 rings (SSSR count). The summed E-state index contributed by atoms with van der Waals surface area (Å²) in [7, 11) is -3.08. The Labute approximate surface area is 106 Å². The highest BCUT2D eigenvalue weighted by Gasteiger charge is 2.50. The maximum absolute atomic E-state index is 11.2. The van der Waals surface area contributed by atoms with E-state index in [0.29, 0.717) is 10.8 Å². The maximum atomic E-state index is 11.2. The molecule has 0 radical (unpaired) electrons. The number of alkyl halides is 2. The topological polar surface area (TPSA) is 34.1 Å². The van der Waals surface area contributed by atoms with Crippen molar-refractivity contribution in [2.24, 2.45) is 0 Å². The molecule has 1 saturated carbocycles. The van der Waals surface area contributed by atoms with Crippen molar-refractivity contribution in [2.75, 3.05) is 6.26 Å². The van der Waals surface area contributed by atoms with E-state index in [0.717, 1.165) is 12.0 Å². The highest BCUT2D eigenvalue weighted by atomic mass is 79.9. The first-order valence-corrected chi connectivity index (χ1v) is 7.96. The van der Waals surface area contributed by atoms with Crippen molar-refractivity contribution >= 4 is 41.7 Å². The zero-order chi connectivity index (χ0) is 11.3. The molecule has 0 heterocycles. The fourth-order valence-electron chi connectivity index (χ4n) is 1.52. The first-order valence-electron chi connectivity index (χ1n) is 4.48. The third-order valence-corrected chi connectivity index (χ3v) is 5.42. The molecule has 0 bridgehead atoms. The monoisotopic (exact) mass is 352 g/mol. The third kappa shape index (κ3) is 2.45. The Morgan fingerprint density at radius 3 is 2.07 bits per heavy atom. The van der Waals surface area contributed by atoms with Gasteiger partial charge in [-0.25, -0.2) is 8.42 Å². The number of hydrogen-bond donors (Lipinski definition) is 0. The molecular formula is C10H10Br2O2S. The highest BCUT2D eigenvalue weighted by Crippen LogP contribution is 2.62. The molecule has 0 spiro atoms. The molecule has 0 aliphatic heterocycles. The van der Waals surface area contributed by atoms with Gasteiger partial charge in [-0.1, -0.05) is 44.0 Å².